The van der Waals surface area contributed by atoms with Gasteiger partial charge in [-0.2, -0.15) is 0 Å². The molecule has 0 radical (unpaired) electrons. The van der Waals surface area contributed by atoms with Crippen LogP contribution in [-0.4, -0.2) is 27.2 Å². The second-order valence-corrected chi connectivity index (χ2v) is 7.19. The average Bonchev–Trinajstić information content (AvgIpc) is 3.14. The first-order valence-electron chi connectivity index (χ1n) is 6.77. The van der Waals surface area contributed by atoms with Crippen molar-refractivity contribution >= 4 is 15.7 Å². The number of nitrogens with one attached hydrogen (secondary N) is 1. The number of benzene rings is 1. The highest BCUT2D eigenvalue weighted by Crippen LogP contribution is 2.39. The van der Waals surface area contributed by atoms with Gasteiger partial charge in [-0.1, -0.05) is 0 Å². The van der Waals surface area contributed by atoms with Gasteiger partial charge in [-0.05, 0) is 37.3 Å². The number of rotatable bonds is 4. The Morgan fingerprint density at radius 2 is 1.95 bits per heavy atom. The van der Waals surface area contributed by atoms with E-state index in [0.717, 1.165) is 25.0 Å². The second-order valence-electron chi connectivity index (χ2n) is 5.50. The molecule has 0 aromatic heterocycles. The summed E-state index contributed by atoms with van der Waals surface area (Å²) >= 11 is 0. The highest BCUT2D eigenvalue weighted by molar-refractivity contribution is 7.89. The van der Waals surface area contributed by atoms with E-state index in [0.29, 0.717) is 18.9 Å². The Labute approximate surface area is 121 Å². The topological polar surface area (TPSA) is 81.4 Å². The van der Waals surface area contributed by atoms with Crippen LogP contribution in [0.1, 0.15) is 19.3 Å². The van der Waals surface area contributed by atoms with Crippen molar-refractivity contribution in [3.05, 3.63) is 23.8 Å². The molecular formula is C13H16F2N2O3S. The van der Waals surface area contributed by atoms with Crippen molar-refractivity contribution in [2.75, 3.05) is 12.3 Å². The molecule has 1 aromatic carbocycles. The lowest BCUT2D eigenvalue weighted by atomic mass is 10.1. The summed E-state index contributed by atoms with van der Waals surface area (Å²) in [4.78, 5) is -0.763. The average molecular weight is 318 g/mol. The van der Waals surface area contributed by atoms with Gasteiger partial charge in [-0.15, -0.1) is 0 Å². The Balaban J connectivity index is 1.87. The lowest BCUT2D eigenvalue weighted by Crippen LogP contribution is -2.41. The first kappa shape index (κ1) is 14.7. The summed E-state index contributed by atoms with van der Waals surface area (Å²) in [6, 6.07) is 1.26. The van der Waals surface area contributed by atoms with Crippen LogP contribution in [0.4, 0.5) is 14.5 Å². The summed E-state index contributed by atoms with van der Waals surface area (Å²) in [5.74, 6) is -2.35. The van der Waals surface area contributed by atoms with Gasteiger partial charge in [0.25, 0.3) is 0 Å². The number of hydrogen-bond donors (Lipinski definition) is 2. The van der Waals surface area contributed by atoms with Crippen molar-refractivity contribution in [2.45, 2.75) is 36.3 Å². The van der Waals surface area contributed by atoms with Gasteiger partial charge in [-0.3, -0.25) is 0 Å². The van der Waals surface area contributed by atoms with Crippen molar-refractivity contribution < 1.29 is 21.9 Å². The Morgan fingerprint density at radius 1 is 1.24 bits per heavy atom. The third-order valence-corrected chi connectivity index (χ3v) is 5.32. The first-order chi connectivity index (χ1) is 9.88. The number of nitrogen functional groups attached to an aromatic ring is 1. The largest absolute Gasteiger partial charge is 0.399 e. The molecule has 3 rings (SSSR count). The monoisotopic (exact) mass is 318 g/mol. The molecule has 5 nitrogen and oxygen atoms in total. The molecule has 8 heteroatoms. The van der Waals surface area contributed by atoms with Crippen LogP contribution in [0.2, 0.25) is 0 Å². The van der Waals surface area contributed by atoms with Crippen LogP contribution < -0.4 is 10.5 Å². The summed E-state index contributed by atoms with van der Waals surface area (Å²) < 4.78 is 59.6. The zero-order valence-electron chi connectivity index (χ0n) is 11.2. The molecule has 2 fully saturated rings. The summed E-state index contributed by atoms with van der Waals surface area (Å²) in [5.41, 5.74) is 5.25. The quantitative estimate of drug-likeness (QED) is 0.822. The Hall–Kier alpha value is -1.25. The molecule has 1 saturated heterocycles. The molecule has 0 bridgehead atoms. The molecule has 116 valence electrons. The van der Waals surface area contributed by atoms with Crippen LogP contribution >= 0.6 is 0 Å². The summed E-state index contributed by atoms with van der Waals surface area (Å²) in [6.45, 7) is 0.460. The number of hydrogen-bond acceptors (Lipinski definition) is 4. The molecule has 21 heavy (non-hydrogen) atoms. The third kappa shape index (κ3) is 2.88. The van der Waals surface area contributed by atoms with Gasteiger partial charge in [0.2, 0.25) is 10.0 Å². The highest BCUT2D eigenvalue weighted by Gasteiger charge is 2.42. The minimum absolute atomic E-state index is 0.143. The molecule has 3 N–H and O–H groups in total. The van der Waals surface area contributed by atoms with Gasteiger partial charge in [0.05, 0.1) is 12.1 Å². The van der Waals surface area contributed by atoms with Crippen LogP contribution in [-0.2, 0) is 14.8 Å². The maximum absolute atomic E-state index is 13.7. The normalized spacial score (nSPS) is 26.2. The van der Waals surface area contributed by atoms with Crippen LogP contribution in [0.5, 0.6) is 0 Å². The molecule has 2 unspecified atom stereocenters. The van der Waals surface area contributed by atoms with E-state index < -0.39 is 32.6 Å². The summed E-state index contributed by atoms with van der Waals surface area (Å²) in [5, 5.41) is 0. The number of halogens is 2. The number of sulfonamides is 1. The smallest absolute Gasteiger partial charge is 0.244 e. The molecule has 2 atom stereocenters. The highest BCUT2D eigenvalue weighted by atomic mass is 32.2. The van der Waals surface area contributed by atoms with Gasteiger partial charge in [-0.25, -0.2) is 21.9 Å². The fourth-order valence-electron chi connectivity index (χ4n) is 2.67. The van der Waals surface area contributed by atoms with E-state index in [9.17, 15) is 17.2 Å². The van der Waals surface area contributed by atoms with E-state index in [1.54, 1.807) is 0 Å². The van der Waals surface area contributed by atoms with Crippen LogP contribution in [0.15, 0.2) is 17.0 Å². The third-order valence-electron chi connectivity index (χ3n) is 3.84. The van der Waals surface area contributed by atoms with Crippen LogP contribution in [0.25, 0.3) is 0 Å². The molecule has 0 amide bonds. The van der Waals surface area contributed by atoms with E-state index in [1.807, 2.05) is 0 Å². The fourth-order valence-corrected chi connectivity index (χ4v) is 4.07. The molecule has 1 saturated carbocycles. The van der Waals surface area contributed by atoms with Gasteiger partial charge < -0.3 is 10.5 Å². The maximum atomic E-state index is 13.7. The fraction of sp³-hybridized carbons (Fsp3) is 0.538. The molecule has 0 spiro atoms. The van der Waals surface area contributed by atoms with E-state index in [4.69, 9.17) is 10.5 Å². The van der Waals surface area contributed by atoms with Crippen molar-refractivity contribution in [3.63, 3.8) is 0 Å². The predicted molar refractivity (Wildman–Crippen MR) is 72.0 cm³/mol. The van der Waals surface area contributed by atoms with E-state index in [2.05, 4.69) is 4.72 Å². The Kier molecular flexibility index (Phi) is 3.62. The second kappa shape index (κ2) is 5.19. The van der Waals surface area contributed by atoms with Crippen LogP contribution in [0.3, 0.4) is 0 Å². The van der Waals surface area contributed by atoms with Gasteiger partial charge in [0.15, 0.2) is 11.6 Å². The van der Waals surface area contributed by atoms with Gasteiger partial charge in [0.1, 0.15) is 4.90 Å². The summed E-state index contributed by atoms with van der Waals surface area (Å²) in [7, 11) is -4.18. The van der Waals surface area contributed by atoms with Crippen molar-refractivity contribution in [2.24, 2.45) is 5.92 Å². The lowest BCUT2D eigenvalue weighted by molar-refractivity contribution is 0.0848. The van der Waals surface area contributed by atoms with Crippen molar-refractivity contribution in [3.8, 4) is 0 Å². The number of nitrogens with two attached hydrogens (primary N) is 1. The molecule has 1 aliphatic carbocycles. The van der Waals surface area contributed by atoms with Gasteiger partial charge >= 0.3 is 0 Å². The zero-order valence-corrected chi connectivity index (χ0v) is 12.0. The molecular weight excluding hydrogens is 302 g/mol. The lowest BCUT2D eigenvalue weighted by Gasteiger charge is -2.19. The molecule has 1 aliphatic heterocycles. The first-order valence-corrected chi connectivity index (χ1v) is 8.25. The summed E-state index contributed by atoms with van der Waals surface area (Å²) in [6.07, 6.45) is 2.34. The number of anilines is 1. The standard InChI is InChI=1S/C13H16F2N2O3S/c14-9-5-8(16)6-11(12(9)15)21(18,19)17-10-3-4-20-13(10)7-1-2-7/h5-7,10,13,17H,1-4,16H2. The zero-order chi connectivity index (χ0) is 15.2. The predicted octanol–water partition coefficient (Wildman–Crippen LogP) is 1.39. The molecule has 1 heterocycles. The van der Waals surface area contributed by atoms with Gasteiger partial charge in [0, 0.05) is 12.3 Å². The maximum Gasteiger partial charge on any atom is 0.244 e. The Morgan fingerprint density at radius 3 is 2.62 bits per heavy atom. The SMILES string of the molecule is Nc1cc(F)c(F)c(S(=O)(=O)NC2CCOC2C2CC2)c1. The van der Waals surface area contributed by atoms with E-state index in [-0.39, 0.29) is 11.8 Å². The molecule has 2 aliphatic rings. The van der Waals surface area contributed by atoms with Crippen LogP contribution in [0, 0.1) is 17.6 Å². The minimum atomic E-state index is -4.18. The van der Waals surface area contributed by atoms with Crippen molar-refractivity contribution in [1.82, 2.24) is 4.72 Å². The van der Waals surface area contributed by atoms with E-state index >= 15 is 0 Å². The Bertz CT molecular complexity index is 662. The number of ether oxygens (including phenoxy) is 1. The minimum Gasteiger partial charge on any atom is -0.399 e. The van der Waals surface area contributed by atoms with E-state index in [1.165, 1.54) is 0 Å². The van der Waals surface area contributed by atoms with Crippen molar-refractivity contribution in [1.29, 1.82) is 0 Å². The molecule has 1 aromatic rings.